The van der Waals surface area contributed by atoms with Crippen molar-refractivity contribution >= 4 is 11.9 Å². The highest BCUT2D eigenvalue weighted by atomic mass is 16.4. The van der Waals surface area contributed by atoms with E-state index >= 15 is 0 Å². The van der Waals surface area contributed by atoms with Crippen molar-refractivity contribution < 1.29 is 40.3 Å². The van der Waals surface area contributed by atoms with Gasteiger partial charge in [0, 0.05) is 5.57 Å². The van der Waals surface area contributed by atoms with Gasteiger partial charge in [-0.05, 0) is 0 Å². The lowest BCUT2D eigenvalue weighted by Gasteiger charge is -1.96. The van der Waals surface area contributed by atoms with Crippen LogP contribution in [0.2, 0.25) is 0 Å². The molecule has 0 aromatic heterocycles. The molecular weight excluding hydrogens is 238 g/mol. The number of rotatable bonds is 5. The monoisotopic (exact) mass is 255 g/mol. The molecule has 17 heavy (non-hydrogen) atoms. The van der Waals surface area contributed by atoms with E-state index in [-0.39, 0.29) is 18.8 Å². The fourth-order valence-electron chi connectivity index (χ4n) is 0.316. The lowest BCUT2D eigenvalue weighted by atomic mass is 10.2. The maximum atomic E-state index is 9.87. The number of aliphatic hydroxyl groups is 3. The van der Waals surface area contributed by atoms with Gasteiger partial charge in [0.15, 0.2) is 0 Å². The van der Waals surface area contributed by atoms with Crippen LogP contribution in [-0.4, -0.2) is 62.0 Å². The number of carboxylic acid groups (broad SMARTS) is 2. The molecule has 0 rings (SSSR count). The highest BCUT2D eigenvalue weighted by Crippen LogP contribution is 1.95. The number of hydrogen-bond acceptors (Lipinski definition) is 7. The van der Waals surface area contributed by atoms with Gasteiger partial charge in [-0.2, -0.15) is 0 Å². The van der Waals surface area contributed by atoms with Crippen LogP contribution >= 0.6 is 0 Å². The van der Waals surface area contributed by atoms with Crippen molar-refractivity contribution in [3.63, 3.8) is 0 Å². The molecule has 0 aliphatic carbocycles. The zero-order chi connectivity index (χ0) is 14.4. The second kappa shape index (κ2) is 14.5. The molecule has 0 unspecified atom stereocenters. The van der Waals surface area contributed by atoms with Crippen LogP contribution in [0.5, 0.6) is 0 Å². The van der Waals surface area contributed by atoms with Gasteiger partial charge in [0.1, 0.15) is 6.10 Å². The molecular formula is C8H17NO8. The first-order valence-electron chi connectivity index (χ1n) is 4.13. The average molecular weight is 255 g/mol. The Hall–Kier alpha value is -1.52. The van der Waals surface area contributed by atoms with Crippen molar-refractivity contribution in [1.29, 1.82) is 0 Å². The Labute approximate surface area is 97.0 Å². The SMILES string of the molecule is C=C(CC(=O)O)C(=O)O.NO.OCC(O)CO. The van der Waals surface area contributed by atoms with Crippen LogP contribution in [0.3, 0.4) is 0 Å². The van der Waals surface area contributed by atoms with E-state index in [1.165, 1.54) is 0 Å². The first-order chi connectivity index (χ1) is 7.84. The third-order valence-electron chi connectivity index (χ3n) is 1.09. The highest BCUT2D eigenvalue weighted by Gasteiger charge is 2.07. The smallest absolute Gasteiger partial charge is 0.331 e. The lowest BCUT2D eigenvalue weighted by Crippen LogP contribution is -2.15. The van der Waals surface area contributed by atoms with Gasteiger partial charge in [0.2, 0.25) is 0 Å². The van der Waals surface area contributed by atoms with Crippen molar-refractivity contribution in [2.75, 3.05) is 13.2 Å². The van der Waals surface area contributed by atoms with E-state index < -0.39 is 24.5 Å². The first-order valence-corrected chi connectivity index (χ1v) is 4.13. The molecule has 0 fully saturated rings. The highest BCUT2D eigenvalue weighted by molar-refractivity contribution is 5.91. The van der Waals surface area contributed by atoms with Crippen molar-refractivity contribution in [3.05, 3.63) is 12.2 Å². The molecule has 0 spiro atoms. The Balaban J connectivity index is -0.000000213. The molecule has 0 amide bonds. The van der Waals surface area contributed by atoms with E-state index in [0.29, 0.717) is 0 Å². The third kappa shape index (κ3) is 20.5. The zero-order valence-corrected chi connectivity index (χ0v) is 8.98. The van der Waals surface area contributed by atoms with Gasteiger partial charge in [-0.1, -0.05) is 6.58 Å². The zero-order valence-electron chi connectivity index (χ0n) is 8.98. The summed E-state index contributed by atoms with van der Waals surface area (Å²) in [5.41, 5.74) is -0.303. The van der Waals surface area contributed by atoms with Gasteiger partial charge >= 0.3 is 11.9 Å². The van der Waals surface area contributed by atoms with Crippen molar-refractivity contribution in [1.82, 2.24) is 0 Å². The summed E-state index contributed by atoms with van der Waals surface area (Å²) in [5, 5.41) is 46.6. The predicted molar refractivity (Wildman–Crippen MR) is 55.2 cm³/mol. The number of nitrogens with two attached hydrogens (primary N) is 1. The number of aliphatic carboxylic acids is 2. The quantitative estimate of drug-likeness (QED) is 0.211. The molecule has 0 heterocycles. The van der Waals surface area contributed by atoms with E-state index in [1.807, 2.05) is 0 Å². The largest absolute Gasteiger partial charge is 0.481 e. The molecule has 0 radical (unpaired) electrons. The Morgan fingerprint density at radius 3 is 1.53 bits per heavy atom. The molecule has 9 heteroatoms. The van der Waals surface area contributed by atoms with Crippen LogP contribution < -0.4 is 5.90 Å². The van der Waals surface area contributed by atoms with E-state index in [4.69, 9.17) is 30.7 Å². The summed E-state index contributed by atoms with van der Waals surface area (Å²) < 4.78 is 0. The van der Waals surface area contributed by atoms with E-state index in [9.17, 15) is 9.59 Å². The van der Waals surface area contributed by atoms with Gasteiger partial charge in [-0.3, -0.25) is 4.79 Å². The Morgan fingerprint density at radius 2 is 1.47 bits per heavy atom. The first kappa shape index (κ1) is 20.8. The molecule has 0 aliphatic heterocycles. The molecule has 8 N–H and O–H groups in total. The minimum atomic E-state index is -1.27. The summed E-state index contributed by atoms with van der Waals surface area (Å²) in [4.78, 5) is 19.7. The second-order valence-electron chi connectivity index (χ2n) is 2.50. The molecule has 0 saturated heterocycles. The summed E-state index contributed by atoms with van der Waals surface area (Å²) >= 11 is 0. The molecule has 0 aliphatic rings. The topological polar surface area (TPSA) is 182 Å². The predicted octanol–water partition coefficient (Wildman–Crippen LogP) is -2.23. The molecule has 0 aromatic carbocycles. The summed E-state index contributed by atoms with van der Waals surface area (Å²) in [7, 11) is 0. The van der Waals surface area contributed by atoms with Crippen molar-refractivity contribution in [2.24, 2.45) is 5.90 Å². The number of hydrogen-bond donors (Lipinski definition) is 7. The van der Waals surface area contributed by atoms with E-state index in [2.05, 4.69) is 12.5 Å². The maximum Gasteiger partial charge on any atom is 0.331 e. The van der Waals surface area contributed by atoms with E-state index in [1.54, 1.807) is 0 Å². The number of carbonyl (C=O) groups is 2. The summed E-state index contributed by atoms with van der Waals surface area (Å²) in [5.74, 6) is 1.06. The molecule has 9 nitrogen and oxygen atoms in total. The molecule has 0 atom stereocenters. The van der Waals surface area contributed by atoms with Gasteiger partial charge < -0.3 is 30.7 Å². The van der Waals surface area contributed by atoms with Gasteiger partial charge in [-0.25, -0.2) is 10.7 Å². The van der Waals surface area contributed by atoms with Crippen LogP contribution in [0, 0.1) is 0 Å². The molecule has 0 bridgehead atoms. The average Bonchev–Trinajstić information content (AvgIpc) is 2.30. The van der Waals surface area contributed by atoms with Crippen molar-refractivity contribution in [2.45, 2.75) is 12.5 Å². The summed E-state index contributed by atoms with van der Waals surface area (Å²) in [6.07, 6.45) is -1.46. The van der Waals surface area contributed by atoms with Crippen LogP contribution in [0.1, 0.15) is 6.42 Å². The molecule has 0 aromatic rings. The minimum absolute atomic E-state index is 0.303. The van der Waals surface area contributed by atoms with Gasteiger partial charge in [0.05, 0.1) is 19.6 Å². The second-order valence-corrected chi connectivity index (χ2v) is 2.50. The minimum Gasteiger partial charge on any atom is -0.481 e. The third-order valence-corrected chi connectivity index (χ3v) is 1.09. The Morgan fingerprint density at radius 1 is 1.12 bits per heavy atom. The summed E-state index contributed by atoms with van der Waals surface area (Å²) in [6, 6.07) is 0. The van der Waals surface area contributed by atoms with Crippen LogP contribution in [-0.2, 0) is 9.59 Å². The van der Waals surface area contributed by atoms with Crippen molar-refractivity contribution in [3.8, 4) is 0 Å². The maximum absolute atomic E-state index is 9.87. The standard InChI is InChI=1S/C5H6O4.C3H8O3.H3NO/c1-3(5(8)9)2-4(6)7;4-1-3(6)2-5;1-2/h1-2H2,(H,6,7)(H,8,9);3-6H,1-2H2;2H,1H2. The summed E-state index contributed by atoms with van der Waals surface area (Å²) in [6.45, 7) is 2.28. The van der Waals surface area contributed by atoms with Crippen LogP contribution in [0.25, 0.3) is 0 Å². The van der Waals surface area contributed by atoms with Crippen LogP contribution in [0.15, 0.2) is 12.2 Å². The lowest BCUT2D eigenvalue weighted by molar-refractivity contribution is -0.139. The Kier molecular flexibility index (Phi) is 17.8. The van der Waals surface area contributed by atoms with Crippen LogP contribution in [0.4, 0.5) is 0 Å². The number of aliphatic hydroxyl groups excluding tert-OH is 3. The molecule has 0 saturated carbocycles. The Bertz CT molecular complexity index is 226. The number of carboxylic acids is 2. The normalized spacial score (nSPS) is 8.35. The fraction of sp³-hybridized carbons (Fsp3) is 0.500. The van der Waals surface area contributed by atoms with Gasteiger partial charge in [-0.15, -0.1) is 0 Å². The van der Waals surface area contributed by atoms with E-state index in [0.717, 1.165) is 0 Å². The molecule has 102 valence electrons. The fourth-order valence-corrected chi connectivity index (χ4v) is 0.316. The van der Waals surface area contributed by atoms with Gasteiger partial charge in [0.25, 0.3) is 0 Å².